The van der Waals surface area contributed by atoms with Gasteiger partial charge in [0.2, 0.25) is 5.91 Å². The van der Waals surface area contributed by atoms with Crippen LogP contribution in [0.3, 0.4) is 0 Å². The number of nitrogens with zero attached hydrogens (tertiary/aromatic N) is 1. The molecule has 0 radical (unpaired) electrons. The maximum Gasteiger partial charge on any atom is 0.337 e. The molecule has 8 nitrogen and oxygen atoms in total. The third-order valence-electron chi connectivity index (χ3n) is 4.42. The lowest BCUT2D eigenvalue weighted by Gasteiger charge is -2.20. The van der Waals surface area contributed by atoms with E-state index in [4.69, 9.17) is 9.47 Å². The van der Waals surface area contributed by atoms with Gasteiger partial charge in [-0.1, -0.05) is 0 Å². The van der Waals surface area contributed by atoms with Gasteiger partial charge >= 0.3 is 5.97 Å². The number of sulfonamides is 1. The molecule has 0 aromatic heterocycles. The molecule has 148 valence electrons. The third kappa shape index (κ3) is 3.53. The van der Waals surface area contributed by atoms with Gasteiger partial charge in [0.15, 0.2) is 0 Å². The maximum atomic E-state index is 13.2. The van der Waals surface area contributed by atoms with Crippen molar-refractivity contribution in [1.29, 1.82) is 0 Å². The second kappa shape index (κ2) is 7.51. The van der Waals surface area contributed by atoms with Crippen molar-refractivity contribution in [2.75, 3.05) is 30.4 Å². The van der Waals surface area contributed by atoms with E-state index in [0.717, 1.165) is 5.56 Å². The molecule has 0 atom stereocenters. The van der Waals surface area contributed by atoms with Crippen LogP contribution < -0.4 is 14.4 Å². The zero-order valence-electron chi connectivity index (χ0n) is 15.7. The van der Waals surface area contributed by atoms with Crippen LogP contribution in [0, 0.1) is 0 Å². The first-order valence-electron chi connectivity index (χ1n) is 8.47. The van der Waals surface area contributed by atoms with Crippen LogP contribution >= 0.6 is 0 Å². The first kappa shape index (κ1) is 19.7. The molecule has 1 N–H and O–H groups in total. The Morgan fingerprint density at radius 3 is 2.50 bits per heavy atom. The number of carbonyl (C=O) groups excluding carboxylic acids is 2. The fourth-order valence-electron chi connectivity index (χ4n) is 3.13. The lowest BCUT2D eigenvalue weighted by molar-refractivity contribution is -0.114. The Labute approximate surface area is 163 Å². The molecule has 2 aromatic rings. The van der Waals surface area contributed by atoms with Gasteiger partial charge in [0.1, 0.15) is 5.75 Å². The Balaban J connectivity index is 1.99. The normalized spacial score (nSPS) is 13.0. The number of esters is 1. The Morgan fingerprint density at radius 1 is 1.11 bits per heavy atom. The van der Waals surface area contributed by atoms with Gasteiger partial charge in [-0.3, -0.25) is 9.10 Å². The highest BCUT2D eigenvalue weighted by Gasteiger charge is 2.32. The van der Waals surface area contributed by atoms with E-state index in [1.807, 2.05) is 0 Å². The highest BCUT2D eigenvalue weighted by atomic mass is 32.2. The largest absolute Gasteiger partial charge is 0.495 e. The van der Waals surface area contributed by atoms with Crippen molar-refractivity contribution in [1.82, 2.24) is 0 Å². The van der Waals surface area contributed by atoms with E-state index in [9.17, 15) is 18.0 Å². The fraction of sp³-hybridized carbons (Fsp3) is 0.263. The number of fused-ring (bicyclic) bond motifs is 1. The molecule has 0 saturated carbocycles. The van der Waals surface area contributed by atoms with Crippen LogP contribution in [-0.4, -0.2) is 41.1 Å². The minimum absolute atomic E-state index is 0.0296. The molecule has 0 fully saturated rings. The van der Waals surface area contributed by atoms with Crippen molar-refractivity contribution in [3.05, 3.63) is 47.5 Å². The molecule has 0 aliphatic carbocycles. The van der Waals surface area contributed by atoms with Gasteiger partial charge in [0, 0.05) is 13.5 Å². The van der Waals surface area contributed by atoms with Crippen molar-refractivity contribution in [3.8, 4) is 5.75 Å². The molecule has 0 bridgehead atoms. The molecule has 1 heterocycles. The lowest BCUT2D eigenvalue weighted by Crippen LogP contribution is -2.29. The summed E-state index contributed by atoms with van der Waals surface area (Å²) in [5, 5.41) is 2.57. The fourth-order valence-corrected chi connectivity index (χ4v) is 4.66. The van der Waals surface area contributed by atoms with E-state index in [2.05, 4.69) is 5.32 Å². The molecular formula is C19H20N2O6S. The number of anilines is 2. The highest BCUT2D eigenvalue weighted by Crippen LogP contribution is 2.35. The van der Waals surface area contributed by atoms with Gasteiger partial charge in [-0.25, -0.2) is 13.2 Å². The SMILES string of the molecule is COC(=O)c1ccc2c(c1)CCN2S(=O)(=O)c1ccc(OC)c(NC(C)=O)c1. The number of methoxy groups -OCH3 is 2. The predicted molar refractivity (Wildman–Crippen MR) is 103 cm³/mol. The van der Waals surface area contributed by atoms with Gasteiger partial charge in [-0.05, 0) is 48.4 Å². The van der Waals surface area contributed by atoms with Crippen LogP contribution in [0.4, 0.5) is 11.4 Å². The van der Waals surface area contributed by atoms with E-state index in [-0.39, 0.29) is 23.0 Å². The number of rotatable bonds is 5. The monoisotopic (exact) mass is 404 g/mol. The summed E-state index contributed by atoms with van der Waals surface area (Å²) in [4.78, 5) is 23.1. The molecule has 2 aromatic carbocycles. The Morgan fingerprint density at radius 2 is 1.86 bits per heavy atom. The summed E-state index contributed by atoms with van der Waals surface area (Å²) in [5.74, 6) is -0.451. The first-order chi connectivity index (χ1) is 13.3. The molecule has 0 unspecified atom stereocenters. The molecule has 28 heavy (non-hydrogen) atoms. The maximum absolute atomic E-state index is 13.2. The van der Waals surface area contributed by atoms with Crippen LogP contribution in [0.5, 0.6) is 5.75 Å². The van der Waals surface area contributed by atoms with E-state index in [1.54, 1.807) is 12.1 Å². The molecule has 1 aliphatic heterocycles. The second-order valence-corrected chi connectivity index (χ2v) is 8.07. The van der Waals surface area contributed by atoms with Crippen LogP contribution in [0.25, 0.3) is 0 Å². The number of carbonyl (C=O) groups is 2. The predicted octanol–water partition coefficient (Wildman–Crippen LogP) is 2.19. The average molecular weight is 404 g/mol. The molecular weight excluding hydrogens is 384 g/mol. The summed E-state index contributed by atoms with van der Waals surface area (Å²) >= 11 is 0. The molecule has 0 spiro atoms. The van der Waals surface area contributed by atoms with Crippen LogP contribution in [0.1, 0.15) is 22.8 Å². The summed E-state index contributed by atoms with van der Waals surface area (Å²) in [6.07, 6.45) is 0.480. The minimum Gasteiger partial charge on any atom is -0.495 e. The number of benzene rings is 2. The van der Waals surface area contributed by atoms with Crippen molar-refractivity contribution < 1.29 is 27.5 Å². The summed E-state index contributed by atoms with van der Waals surface area (Å²) in [6, 6.07) is 9.08. The summed E-state index contributed by atoms with van der Waals surface area (Å²) < 4.78 is 37.6. The number of amides is 1. The zero-order valence-corrected chi connectivity index (χ0v) is 16.5. The molecule has 0 saturated heterocycles. The number of ether oxygens (including phenoxy) is 2. The quantitative estimate of drug-likeness (QED) is 0.767. The van der Waals surface area contributed by atoms with Crippen molar-refractivity contribution in [3.63, 3.8) is 0 Å². The Bertz CT molecular complexity index is 1050. The minimum atomic E-state index is -3.86. The Kier molecular flexibility index (Phi) is 5.28. The van der Waals surface area contributed by atoms with E-state index in [0.29, 0.717) is 23.4 Å². The molecule has 3 rings (SSSR count). The molecule has 1 aliphatic rings. The van der Waals surface area contributed by atoms with Gasteiger partial charge in [0.25, 0.3) is 10.0 Å². The standard InChI is InChI=1S/C19H20N2O6S/c1-12(22)20-16-11-15(5-7-18(16)26-2)28(24,25)21-9-8-13-10-14(19(23)27-3)4-6-17(13)21/h4-7,10-11H,8-9H2,1-3H3,(H,20,22). The van der Waals surface area contributed by atoms with Gasteiger partial charge in [0.05, 0.1) is 36.1 Å². The van der Waals surface area contributed by atoms with Gasteiger partial charge in [-0.2, -0.15) is 0 Å². The van der Waals surface area contributed by atoms with Crippen molar-refractivity contribution in [2.24, 2.45) is 0 Å². The summed E-state index contributed by atoms with van der Waals surface area (Å²) in [5.41, 5.74) is 1.92. The smallest absolute Gasteiger partial charge is 0.337 e. The van der Waals surface area contributed by atoms with Crippen LogP contribution in [0.15, 0.2) is 41.3 Å². The van der Waals surface area contributed by atoms with Crippen LogP contribution in [0.2, 0.25) is 0 Å². The summed E-state index contributed by atoms with van der Waals surface area (Å²) in [7, 11) is -1.13. The molecule has 1 amide bonds. The number of nitrogens with one attached hydrogen (secondary N) is 1. The topological polar surface area (TPSA) is 102 Å². The second-order valence-electron chi connectivity index (χ2n) is 6.21. The third-order valence-corrected chi connectivity index (χ3v) is 6.23. The zero-order chi connectivity index (χ0) is 20.5. The average Bonchev–Trinajstić information content (AvgIpc) is 3.10. The van der Waals surface area contributed by atoms with E-state index in [1.165, 1.54) is 49.7 Å². The van der Waals surface area contributed by atoms with E-state index < -0.39 is 16.0 Å². The molecule has 9 heteroatoms. The van der Waals surface area contributed by atoms with E-state index >= 15 is 0 Å². The van der Waals surface area contributed by atoms with Crippen molar-refractivity contribution >= 4 is 33.3 Å². The van der Waals surface area contributed by atoms with Crippen molar-refractivity contribution in [2.45, 2.75) is 18.2 Å². The van der Waals surface area contributed by atoms with Gasteiger partial charge in [-0.15, -0.1) is 0 Å². The van der Waals surface area contributed by atoms with Crippen LogP contribution in [-0.2, 0) is 26.0 Å². The first-order valence-corrected chi connectivity index (χ1v) is 9.91. The Hall–Kier alpha value is -3.07. The van der Waals surface area contributed by atoms with Gasteiger partial charge < -0.3 is 14.8 Å². The number of hydrogen-bond acceptors (Lipinski definition) is 6. The highest BCUT2D eigenvalue weighted by molar-refractivity contribution is 7.92. The lowest BCUT2D eigenvalue weighted by atomic mass is 10.1. The number of hydrogen-bond donors (Lipinski definition) is 1. The summed E-state index contributed by atoms with van der Waals surface area (Å²) in [6.45, 7) is 1.58.